The van der Waals surface area contributed by atoms with E-state index in [4.69, 9.17) is 14.2 Å². The van der Waals surface area contributed by atoms with E-state index in [2.05, 4.69) is 10.2 Å². The third kappa shape index (κ3) is 4.95. The van der Waals surface area contributed by atoms with Crippen molar-refractivity contribution in [1.82, 2.24) is 14.8 Å². The van der Waals surface area contributed by atoms with Gasteiger partial charge in [0.15, 0.2) is 12.4 Å². The van der Waals surface area contributed by atoms with Crippen molar-refractivity contribution in [2.75, 3.05) is 20.3 Å². The van der Waals surface area contributed by atoms with Gasteiger partial charge in [-0.25, -0.2) is 9.36 Å². The van der Waals surface area contributed by atoms with Crippen LogP contribution in [0, 0.1) is 0 Å². The lowest BCUT2D eigenvalue weighted by molar-refractivity contribution is -0.146. The third-order valence-electron chi connectivity index (χ3n) is 4.81. The zero-order chi connectivity index (χ0) is 22.2. The molecule has 0 N–H and O–H groups in total. The maximum atomic E-state index is 12.2. The summed E-state index contributed by atoms with van der Waals surface area (Å²) in [5.41, 5.74) is 2.65. The first kappa shape index (κ1) is 21.1. The largest absolute Gasteiger partial charge is 0.495 e. The van der Waals surface area contributed by atoms with Crippen molar-refractivity contribution in [3.63, 3.8) is 0 Å². The van der Waals surface area contributed by atoms with Crippen LogP contribution in [-0.2, 0) is 16.0 Å². The molecule has 7 heteroatoms. The Morgan fingerprint density at radius 2 is 1.56 bits per heavy atom. The van der Waals surface area contributed by atoms with Crippen LogP contribution < -0.4 is 9.47 Å². The number of esters is 1. The SMILES string of the molecule is COc1ccccc1-n1c(OCC(=O)OCCc2ccccc2)nnc1-c1ccccc1. The summed E-state index contributed by atoms with van der Waals surface area (Å²) in [5.74, 6) is 0.721. The van der Waals surface area contributed by atoms with Gasteiger partial charge in [-0.15, -0.1) is 5.10 Å². The molecule has 0 saturated carbocycles. The van der Waals surface area contributed by atoms with E-state index < -0.39 is 5.97 Å². The van der Waals surface area contributed by atoms with Crippen molar-refractivity contribution in [2.45, 2.75) is 6.42 Å². The van der Waals surface area contributed by atoms with Gasteiger partial charge in [0.1, 0.15) is 5.75 Å². The molecule has 0 bridgehead atoms. The lowest BCUT2D eigenvalue weighted by atomic mass is 10.2. The quantitative estimate of drug-likeness (QED) is 0.373. The van der Waals surface area contributed by atoms with E-state index in [1.165, 1.54) is 0 Å². The van der Waals surface area contributed by atoms with Crippen molar-refractivity contribution in [2.24, 2.45) is 0 Å². The van der Waals surface area contributed by atoms with Crippen LogP contribution in [0.5, 0.6) is 11.8 Å². The summed E-state index contributed by atoms with van der Waals surface area (Å²) in [7, 11) is 1.59. The Hall–Kier alpha value is -4.13. The number of ether oxygens (including phenoxy) is 3. The molecule has 7 nitrogen and oxygen atoms in total. The predicted molar refractivity (Wildman–Crippen MR) is 120 cm³/mol. The van der Waals surface area contributed by atoms with Gasteiger partial charge in [0.05, 0.1) is 19.4 Å². The van der Waals surface area contributed by atoms with Gasteiger partial charge in [-0.2, -0.15) is 0 Å². The lowest BCUT2D eigenvalue weighted by Gasteiger charge is -2.14. The summed E-state index contributed by atoms with van der Waals surface area (Å²) in [6, 6.07) is 27.1. The standard InChI is InChI=1S/C25H23N3O4/c1-30-22-15-9-8-14-21(22)28-24(20-12-6-3-7-13-20)26-27-25(28)32-18-23(29)31-17-16-19-10-4-2-5-11-19/h2-15H,16-18H2,1H3. The first-order valence-corrected chi connectivity index (χ1v) is 10.2. The van der Waals surface area contributed by atoms with Crippen molar-refractivity contribution < 1.29 is 19.0 Å². The highest BCUT2D eigenvalue weighted by atomic mass is 16.6. The average Bonchev–Trinajstić information content (AvgIpc) is 3.27. The van der Waals surface area contributed by atoms with E-state index in [0.717, 1.165) is 11.1 Å². The summed E-state index contributed by atoms with van der Waals surface area (Å²) in [6.07, 6.45) is 0.641. The second kappa shape index (κ2) is 10.3. The molecule has 4 aromatic rings. The zero-order valence-corrected chi connectivity index (χ0v) is 17.7. The van der Waals surface area contributed by atoms with E-state index in [1.807, 2.05) is 84.9 Å². The minimum absolute atomic E-state index is 0.174. The van der Waals surface area contributed by atoms with Crippen molar-refractivity contribution in [1.29, 1.82) is 0 Å². The Bertz CT molecular complexity index is 1160. The molecule has 0 saturated heterocycles. The summed E-state index contributed by atoms with van der Waals surface area (Å²) < 4.78 is 18.3. The Morgan fingerprint density at radius 1 is 0.875 bits per heavy atom. The van der Waals surface area contributed by atoms with E-state index >= 15 is 0 Å². The van der Waals surface area contributed by atoms with Crippen LogP contribution >= 0.6 is 0 Å². The van der Waals surface area contributed by atoms with Crippen LogP contribution in [0.4, 0.5) is 0 Å². The van der Waals surface area contributed by atoms with E-state index in [-0.39, 0.29) is 19.2 Å². The molecule has 0 fully saturated rings. The third-order valence-corrected chi connectivity index (χ3v) is 4.81. The van der Waals surface area contributed by atoms with Crippen LogP contribution in [0.25, 0.3) is 17.1 Å². The zero-order valence-electron chi connectivity index (χ0n) is 17.7. The predicted octanol–water partition coefficient (Wildman–Crippen LogP) is 4.11. The van der Waals surface area contributed by atoms with Gasteiger partial charge < -0.3 is 14.2 Å². The Morgan fingerprint density at radius 3 is 2.31 bits per heavy atom. The fraction of sp³-hybridized carbons (Fsp3) is 0.160. The van der Waals surface area contributed by atoms with Crippen molar-refractivity contribution >= 4 is 5.97 Å². The van der Waals surface area contributed by atoms with E-state index in [0.29, 0.717) is 23.7 Å². The number of benzene rings is 3. The molecule has 0 aliphatic carbocycles. The highest BCUT2D eigenvalue weighted by Gasteiger charge is 2.20. The Balaban J connectivity index is 1.51. The Labute approximate surface area is 186 Å². The molecule has 0 unspecified atom stereocenters. The number of carbonyl (C=O) groups excluding carboxylic acids is 1. The molecule has 1 heterocycles. The molecule has 0 aliphatic rings. The molecule has 0 amide bonds. The summed E-state index contributed by atoms with van der Waals surface area (Å²) >= 11 is 0. The van der Waals surface area contributed by atoms with Gasteiger partial charge in [-0.1, -0.05) is 77.9 Å². The first-order chi connectivity index (χ1) is 15.8. The molecule has 0 aliphatic heterocycles. The average molecular weight is 429 g/mol. The van der Waals surface area contributed by atoms with Crippen LogP contribution in [0.3, 0.4) is 0 Å². The number of hydrogen-bond acceptors (Lipinski definition) is 6. The lowest BCUT2D eigenvalue weighted by Crippen LogP contribution is -2.18. The van der Waals surface area contributed by atoms with Crippen LogP contribution in [0.1, 0.15) is 5.56 Å². The Kier molecular flexibility index (Phi) is 6.77. The molecular weight excluding hydrogens is 406 g/mol. The van der Waals surface area contributed by atoms with Gasteiger partial charge in [0.25, 0.3) is 0 Å². The maximum Gasteiger partial charge on any atom is 0.344 e. The second-order valence-electron chi connectivity index (χ2n) is 6.92. The number of aromatic nitrogens is 3. The number of methoxy groups -OCH3 is 1. The number of carbonyl (C=O) groups is 1. The summed E-state index contributed by atoms with van der Waals surface area (Å²) in [4.78, 5) is 12.2. The van der Waals surface area contributed by atoms with E-state index in [1.54, 1.807) is 11.7 Å². The molecule has 3 aromatic carbocycles. The normalized spacial score (nSPS) is 10.5. The molecule has 0 spiro atoms. The van der Waals surface area contributed by atoms with Crippen molar-refractivity contribution in [3.05, 3.63) is 90.5 Å². The summed E-state index contributed by atoms with van der Waals surface area (Å²) in [6.45, 7) is -0.00245. The highest BCUT2D eigenvalue weighted by Crippen LogP contribution is 2.31. The first-order valence-electron chi connectivity index (χ1n) is 10.2. The fourth-order valence-electron chi connectivity index (χ4n) is 3.26. The summed E-state index contributed by atoms with van der Waals surface area (Å²) in [5, 5.41) is 8.47. The maximum absolute atomic E-state index is 12.2. The molecule has 0 radical (unpaired) electrons. The number of hydrogen-bond donors (Lipinski definition) is 0. The number of nitrogens with zero attached hydrogens (tertiary/aromatic N) is 3. The molecular formula is C25H23N3O4. The van der Waals surface area contributed by atoms with Crippen LogP contribution in [0.15, 0.2) is 84.9 Å². The van der Waals surface area contributed by atoms with Crippen LogP contribution in [-0.4, -0.2) is 41.1 Å². The van der Waals surface area contributed by atoms with Gasteiger partial charge in [-0.3, -0.25) is 0 Å². The minimum Gasteiger partial charge on any atom is -0.495 e. The topological polar surface area (TPSA) is 75.5 Å². The number of rotatable bonds is 9. The number of para-hydroxylation sites is 2. The van der Waals surface area contributed by atoms with Crippen LogP contribution in [0.2, 0.25) is 0 Å². The molecule has 0 atom stereocenters. The minimum atomic E-state index is -0.475. The molecule has 1 aromatic heterocycles. The fourth-order valence-corrected chi connectivity index (χ4v) is 3.26. The molecule has 162 valence electrons. The highest BCUT2D eigenvalue weighted by molar-refractivity contribution is 5.71. The van der Waals surface area contributed by atoms with Gasteiger partial charge >= 0.3 is 12.0 Å². The van der Waals surface area contributed by atoms with E-state index in [9.17, 15) is 4.79 Å². The molecule has 4 rings (SSSR count). The van der Waals surface area contributed by atoms with Gasteiger partial charge in [0.2, 0.25) is 0 Å². The van der Waals surface area contributed by atoms with Gasteiger partial charge in [0, 0.05) is 12.0 Å². The van der Waals surface area contributed by atoms with Crippen molar-refractivity contribution in [3.8, 4) is 28.8 Å². The smallest absolute Gasteiger partial charge is 0.344 e. The van der Waals surface area contributed by atoms with Gasteiger partial charge in [-0.05, 0) is 17.7 Å². The monoisotopic (exact) mass is 429 g/mol. The molecule has 32 heavy (non-hydrogen) atoms. The second-order valence-corrected chi connectivity index (χ2v) is 6.92.